The van der Waals surface area contributed by atoms with Crippen molar-refractivity contribution in [1.82, 2.24) is 4.31 Å². The zero-order valence-electron chi connectivity index (χ0n) is 14.8. The van der Waals surface area contributed by atoms with Crippen molar-refractivity contribution in [2.24, 2.45) is 0 Å². The Labute approximate surface area is 150 Å². The summed E-state index contributed by atoms with van der Waals surface area (Å²) in [5, 5.41) is 0. The van der Waals surface area contributed by atoms with Gasteiger partial charge < -0.3 is 4.74 Å². The molecule has 4 nitrogen and oxygen atoms in total. The SMILES string of the molecule is CCc1ccccc1OC1CCN(S(=O)(=O)c2ccc(C)cc2)CC1. The van der Waals surface area contributed by atoms with Crippen LogP contribution in [0.4, 0.5) is 0 Å². The van der Waals surface area contributed by atoms with E-state index >= 15 is 0 Å². The van der Waals surface area contributed by atoms with Crippen molar-refractivity contribution in [3.8, 4) is 5.75 Å². The van der Waals surface area contributed by atoms with E-state index in [1.165, 1.54) is 5.56 Å². The lowest BCUT2D eigenvalue weighted by Gasteiger charge is -2.31. The van der Waals surface area contributed by atoms with E-state index in [0.29, 0.717) is 30.8 Å². The minimum absolute atomic E-state index is 0.0668. The largest absolute Gasteiger partial charge is 0.490 e. The van der Waals surface area contributed by atoms with Gasteiger partial charge in [0.2, 0.25) is 10.0 Å². The minimum Gasteiger partial charge on any atom is -0.490 e. The van der Waals surface area contributed by atoms with Gasteiger partial charge in [0.25, 0.3) is 0 Å². The third-order valence-electron chi connectivity index (χ3n) is 4.71. The number of para-hydroxylation sites is 1. The van der Waals surface area contributed by atoms with Gasteiger partial charge in [0, 0.05) is 13.1 Å². The molecule has 0 N–H and O–H groups in total. The monoisotopic (exact) mass is 359 g/mol. The predicted octanol–water partition coefficient (Wildman–Crippen LogP) is 3.79. The van der Waals surface area contributed by atoms with E-state index in [0.717, 1.165) is 17.7 Å². The molecule has 0 amide bonds. The molecule has 25 heavy (non-hydrogen) atoms. The average molecular weight is 359 g/mol. The van der Waals surface area contributed by atoms with Gasteiger partial charge in [-0.2, -0.15) is 4.31 Å². The Bertz CT molecular complexity index is 807. The summed E-state index contributed by atoms with van der Waals surface area (Å²) in [6, 6.07) is 15.1. The van der Waals surface area contributed by atoms with Crippen LogP contribution in [-0.4, -0.2) is 31.9 Å². The van der Waals surface area contributed by atoms with Crippen molar-refractivity contribution in [3.05, 3.63) is 59.7 Å². The zero-order chi connectivity index (χ0) is 17.9. The number of rotatable bonds is 5. The molecule has 0 aromatic heterocycles. The van der Waals surface area contributed by atoms with Gasteiger partial charge in [-0.15, -0.1) is 0 Å². The fourth-order valence-corrected chi connectivity index (χ4v) is 4.61. The molecule has 0 atom stereocenters. The van der Waals surface area contributed by atoms with Gasteiger partial charge in [-0.05, 0) is 49.9 Å². The summed E-state index contributed by atoms with van der Waals surface area (Å²) in [5.41, 5.74) is 2.25. The van der Waals surface area contributed by atoms with E-state index in [9.17, 15) is 8.42 Å². The molecular formula is C20H25NO3S. The molecule has 0 saturated carbocycles. The quantitative estimate of drug-likeness (QED) is 0.816. The lowest BCUT2D eigenvalue weighted by atomic mass is 10.1. The van der Waals surface area contributed by atoms with E-state index in [1.54, 1.807) is 16.4 Å². The van der Waals surface area contributed by atoms with Crippen LogP contribution in [0.3, 0.4) is 0 Å². The minimum atomic E-state index is -3.41. The maximum absolute atomic E-state index is 12.7. The van der Waals surface area contributed by atoms with Gasteiger partial charge in [0.15, 0.2) is 0 Å². The van der Waals surface area contributed by atoms with Crippen LogP contribution in [0.15, 0.2) is 53.4 Å². The molecule has 5 heteroatoms. The van der Waals surface area contributed by atoms with Gasteiger partial charge in [0.05, 0.1) is 4.90 Å². The molecule has 0 unspecified atom stereocenters. The Kier molecular flexibility index (Phi) is 5.45. The molecule has 0 spiro atoms. The Morgan fingerprint density at radius 3 is 2.32 bits per heavy atom. The molecule has 0 bridgehead atoms. The summed E-state index contributed by atoms with van der Waals surface area (Å²) >= 11 is 0. The topological polar surface area (TPSA) is 46.6 Å². The summed E-state index contributed by atoms with van der Waals surface area (Å²) in [4.78, 5) is 0.369. The second-order valence-corrected chi connectivity index (χ2v) is 8.43. The van der Waals surface area contributed by atoms with Gasteiger partial charge in [-0.3, -0.25) is 0 Å². The Morgan fingerprint density at radius 2 is 1.68 bits per heavy atom. The molecule has 1 saturated heterocycles. The third-order valence-corrected chi connectivity index (χ3v) is 6.62. The van der Waals surface area contributed by atoms with Crippen molar-refractivity contribution in [3.63, 3.8) is 0 Å². The van der Waals surface area contributed by atoms with E-state index in [4.69, 9.17) is 4.74 Å². The van der Waals surface area contributed by atoms with Gasteiger partial charge in [-0.25, -0.2) is 8.42 Å². The molecule has 1 fully saturated rings. The van der Waals surface area contributed by atoms with Crippen molar-refractivity contribution >= 4 is 10.0 Å². The Balaban J connectivity index is 1.64. The van der Waals surface area contributed by atoms with Crippen LogP contribution in [0.25, 0.3) is 0 Å². The molecule has 3 rings (SSSR count). The molecule has 0 aliphatic carbocycles. The first-order chi connectivity index (χ1) is 12.0. The molecular weight excluding hydrogens is 334 g/mol. The van der Waals surface area contributed by atoms with Crippen LogP contribution in [0.5, 0.6) is 5.75 Å². The highest BCUT2D eigenvalue weighted by Crippen LogP contribution is 2.26. The van der Waals surface area contributed by atoms with E-state index in [2.05, 4.69) is 13.0 Å². The number of aryl methyl sites for hydroxylation is 2. The highest BCUT2D eigenvalue weighted by atomic mass is 32.2. The van der Waals surface area contributed by atoms with Crippen LogP contribution in [-0.2, 0) is 16.4 Å². The molecule has 1 aliphatic heterocycles. The molecule has 0 radical (unpaired) electrons. The van der Waals surface area contributed by atoms with Crippen molar-refractivity contribution < 1.29 is 13.2 Å². The van der Waals surface area contributed by atoms with Crippen molar-refractivity contribution in [2.45, 2.75) is 44.1 Å². The molecule has 2 aromatic rings. The highest BCUT2D eigenvalue weighted by Gasteiger charge is 2.30. The highest BCUT2D eigenvalue weighted by molar-refractivity contribution is 7.89. The zero-order valence-corrected chi connectivity index (χ0v) is 15.6. The average Bonchev–Trinajstić information content (AvgIpc) is 2.63. The number of ether oxygens (including phenoxy) is 1. The lowest BCUT2D eigenvalue weighted by Crippen LogP contribution is -2.41. The second-order valence-electron chi connectivity index (χ2n) is 6.50. The van der Waals surface area contributed by atoms with Gasteiger partial charge in [0.1, 0.15) is 11.9 Å². The molecule has 1 aliphatic rings. The van der Waals surface area contributed by atoms with Crippen LogP contribution < -0.4 is 4.74 Å². The number of hydrogen-bond acceptors (Lipinski definition) is 3. The number of piperidine rings is 1. The maximum atomic E-state index is 12.7. The number of nitrogens with zero attached hydrogens (tertiary/aromatic N) is 1. The Hall–Kier alpha value is -1.85. The Morgan fingerprint density at radius 1 is 1.04 bits per heavy atom. The van der Waals surface area contributed by atoms with Crippen LogP contribution in [0, 0.1) is 6.92 Å². The fraction of sp³-hybridized carbons (Fsp3) is 0.400. The number of hydrogen-bond donors (Lipinski definition) is 0. The van der Waals surface area contributed by atoms with Gasteiger partial charge >= 0.3 is 0 Å². The summed E-state index contributed by atoms with van der Waals surface area (Å²) in [6.07, 6.45) is 2.42. The second kappa shape index (κ2) is 7.58. The number of benzene rings is 2. The van der Waals surface area contributed by atoms with Crippen LogP contribution in [0.1, 0.15) is 30.9 Å². The van der Waals surface area contributed by atoms with E-state index < -0.39 is 10.0 Å². The normalized spacial score (nSPS) is 16.7. The van der Waals surface area contributed by atoms with Gasteiger partial charge in [-0.1, -0.05) is 42.8 Å². The van der Waals surface area contributed by atoms with Crippen LogP contribution in [0.2, 0.25) is 0 Å². The van der Waals surface area contributed by atoms with E-state index in [-0.39, 0.29) is 6.10 Å². The molecule has 134 valence electrons. The lowest BCUT2D eigenvalue weighted by molar-refractivity contribution is 0.134. The maximum Gasteiger partial charge on any atom is 0.243 e. The number of sulfonamides is 1. The standard InChI is InChI=1S/C20H25NO3S/c1-3-17-6-4-5-7-20(17)24-18-12-14-21(15-13-18)25(22,23)19-10-8-16(2)9-11-19/h4-11,18H,3,12-15H2,1-2H3. The first kappa shape index (κ1) is 18.0. The van der Waals surface area contributed by atoms with Crippen molar-refractivity contribution in [1.29, 1.82) is 0 Å². The molecule has 2 aromatic carbocycles. The summed E-state index contributed by atoms with van der Waals surface area (Å²) < 4.78 is 33.2. The summed E-state index contributed by atoms with van der Waals surface area (Å²) in [6.45, 7) is 5.05. The predicted molar refractivity (Wildman–Crippen MR) is 99.4 cm³/mol. The first-order valence-electron chi connectivity index (χ1n) is 8.82. The fourth-order valence-electron chi connectivity index (χ4n) is 3.14. The third kappa shape index (κ3) is 4.05. The summed E-state index contributed by atoms with van der Waals surface area (Å²) in [7, 11) is -3.41. The summed E-state index contributed by atoms with van der Waals surface area (Å²) in [5.74, 6) is 0.921. The van der Waals surface area contributed by atoms with Crippen molar-refractivity contribution in [2.75, 3.05) is 13.1 Å². The smallest absolute Gasteiger partial charge is 0.243 e. The van der Waals surface area contributed by atoms with E-state index in [1.807, 2.05) is 37.3 Å². The first-order valence-corrected chi connectivity index (χ1v) is 10.3. The van der Waals surface area contributed by atoms with Crippen LogP contribution >= 0.6 is 0 Å². The molecule has 1 heterocycles.